The van der Waals surface area contributed by atoms with Crippen LogP contribution in [0, 0.1) is 20.8 Å². The molecule has 0 aliphatic rings. The van der Waals surface area contributed by atoms with Crippen molar-refractivity contribution in [2.75, 3.05) is 5.32 Å². The van der Waals surface area contributed by atoms with E-state index < -0.39 is 0 Å². The minimum atomic E-state index is -0.0900. The molecule has 0 aliphatic carbocycles. The van der Waals surface area contributed by atoms with E-state index in [-0.39, 0.29) is 12.3 Å². The van der Waals surface area contributed by atoms with E-state index in [1.54, 1.807) is 11.3 Å². The fourth-order valence-electron chi connectivity index (χ4n) is 2.31. The van der Waals surface area contributed by atoms with E-state index in [0.29, 0.717) is 17.3 Å². The third-order valence-corrected chi connectivity index (χ3v) is 4.48. The monoisotopic (exact) mass is 326 g/mol. The molecule has 0 spiro atoms. The standard InChI is InChI=1S/C18H18N2O2S/c1-11-6-7-12(2)14(9-11)19-17(21)10-15-13(3)22-18(20-15)16-5-4-8-23-16/h4-9H,10H2,1-3H3,(H,19,21). The van der Waals surface area contributed by atoms with Gasteiger partial charge in [0.2, 0.25) is 11.8 Å². The predicted octanol–water partition coefficient (Wildman–Crippen LogP) is 4.51. The molecular weight excluding hydrogens is 308 g/mol. The summed E-state index contributed by atoms with van der Waals surface area (Å²) in [6.07, 6.45) is 0.202. The molecule has 1 amide bonds. The van der Waals surface area contributed by atoms with Gasteiger partial charge in [-0.1, -0.05) is 18.2 Å². The third-order valence-electron chi connectivity index (χ3n) is 3.62. The van der Waals surface area contributed by atoms with Gasteiger partial charge in [-0.05, 0) is 49.4 Å². The topological polar surface area (TPSA) is 55.1 Å². The first-order chi connectivity index (χ1) is 11.0. The molecule has 0 atom stereocenters. The van der Waals surface area contributed by atoms with Gasteiger partial charge >= 0.3 is 0 Å². The number of nitrogens with zero attached hydrogens (tertiary/aromatic N) is 1. The van der Waals surface area contributed by atoms with E-state index in [1.165, 1.54) is 0 Å². The van der Waals surface area contributed by atoms with Crippen LogP contribution in [0.25, 0.3) is 10.8 Å². The molecule has 0 aliphatic heterocycles. The van der Waals surface area contributed by atoms with E-state index in [4.69, 9.17) is 4.42 Å². The van der Waals surface area contributed by atoms with Crippen LogP contribution < -0.4 is 5.32 Å². The Kier molecular flexibility index (Phi) is 4.30. The van der Waals surface area contributed by atoms with Crippen molar-refractivity contribution in [1.82, 2.24) is 4.98 Å². The smallest absolute Gasteiger partial charge is 0.236 e. The van der Waals surface area contributed by atoms with E-state index >= 15 is 0 Å². The average Bonchev–Trinajstić information content (AvgIpc) is 3.13. The van der Waals surface area contributed by atoms with Crippen LogP contribution in [0.1, 0.15) is 22.6 Å². The van der Waals surface area contributed by atoms with Crippen LogP contribution >= 0.6 is 11.3 Å². The zero-order chi connectivity index (χ0) is 16.4. The second-order valence-electron chi connectivity index (χ2n) is 5.54. The molecule has 3 rings (SSSR count). The lowest BCUT2D eigenvalue weighted by molar-refractivity contribution is -0.115. The largest absolute Gasteiger partial charge is 0.440 e. The highest BCUT2D eigenvalue weighted by molar-refractivity contribution is 7.13. The summed E-state index contributed by atoms with van der Waals surface area (Å²) in [6.45, 7) is 5.82. The van der Waals surface area contributed by atoms with Crippen LogP contribution in [0.5, 0.6) is 0 Å². The minimum absolute atomic E-state index is 0.0900. The summed E-state index contributed by atoms with van der Waals surface area (Å²) in [6, 6.07) is 9.91. The summed E-state index contributed by atoms with van der Waals surface area (Å²) in [4.78, 5) is 17.7. The molecule has 23 heavy (non-hydrogen) atoms. The highest BCUT2D eigenvalue weighted by Crippen LogP contribution is 2.26. The average molecular weight is 326 g/mol. The maximum atomic E-state index is 12.3. The first-order valence-electron chi connectivity index (χ1n) is 7.40. The number of nitrogens with one attached hydrogen (secondary N) is 1. The van der Waals surface area contributed by atoms with Crippen molar-refractivity contribution in [1.29, 1.82) is 0 Å². The number of benzene rings is 1. The van der Waals surface area contributed by atoms with Gasteiger partial charge in [-0.25, -0.2) is 4.98 Å². The van der Waals surface area contributed by atoms with Crippen molar-refractivity contribution in [3.05, 3.63) is 58.3 Å². The molecule has 5 heteroatoms. The molecule has 0 bridgehead atoms. The van der Waals surface area contributed by atoms with Gasteiger partial charge in [0.25, 0.3) is 0 Å². The van der Waals surface area contributed by atoms with Gasteiger partial charge in [0.15, 0.2) is 0 Å². The van der Waals surface area contributed by atoms with Crippen LogP contribution in [-0.2, 0) is 11.2 Å². The molecule has 2 heterocycles. The van der Waals surface area contributed by atoms with E-state index in [1.807, 2.05) is 56.5 Å². The fraction of sp³-hybridized carbons (Fsp3) is 0.222. The summed E-state index contributed by atoms with van der Waals surface area (Å²) in [7, 11) is 0. The Morgan fingerprint density at radius 3 is 2.83 bits per heavy atom. The third kappa shape index (κ3) is 3.51. The Morgan fingerprint density at radius 1 is 1.26 bits per heavy atom. The van der Waals surface area contributed by atoms with E-state index in [0.717, 1.165) is 21.7 Å². The zero-order valence-corrected chi connectivity index (χ0v) is 14.2. The number of thiophene rings is 1. The SMILES string of the molecule is Cc1ccc(C)c(NC(=O)Cc2nc(-c3cccs3)oc2C)c1. The summed E-state index contributed by atoms with van der Waals surface area (Å²) in [5.41, 5.74) is 3.68. The maximum absolute atomic E-state index is 12.3. The van der Waals surface area contributed by atoms with Crippen LogP contribution in [0.4, 0.5) is 5.69 Å². The van der Waals surface area contributed by atoms with Crippen molar-refractivity contribution in [3.8, 4) is 10.8 Å². The van der Waals surface area contributed by atoms with Gasteiger partial charge in [0, 0.05) is 5.69 Å². The summed E-state index contributed by atoms with van der Waals surface area (Å²) < 4.78 is 5.67. The van der Waals surface area contributed by atoms with Crippen molar-refractivity contribution >= 4 is 22.9 Å². The van der Waals surface area contributed by atoms with Crippen LogP contribution in [-0.4, -0.2) is 10.9 Å². The highest BCUT2D eigenvalue weighted by atomic mass is 32.1. The van der Waals surface area contributed by atoms with Crippen LogP contribution in [0.3, 0.4) is 0 Å². The number of aryl methyl sites for hydroxylation is 3. The summed E-state index contributed by atoms with van der Waals surface area (Å²) in [5.74, 6) is 1.17. The summed E-state index contributed by atoms with van der Waals surface area (Å²) in [5, 5.41) is 4.93. The Balaban J connectivity index is 1.74. The maximum Gasteiger partial charge on any atom is 0.236 e. The zero-order valence-electron chi connectivity index (χ0n) is 13.3. The quantitative estimate of drug-likeness (QED) is 0.767. The second kappa shape index (κ2) is 6.38. The van der Waals surface area contributed by atoms with Gasteiger partial charge in [0.1, 0.15) is 5.76 Å². The number of rotatable bonds is 4. The number of anilines is 1. The number of aromatic nitrogens is 1. The molecule has 0 fully saturated rings. The first kappa shape index (κ1) is 15.5. The fourth-order valence-corrected chi connectivity index (χ4v) is 2.96. The lowest BCUT2D eigenvalue weighted by Gasteiger charge is -2.08. The van der Waals surface area contributed by atoms with Crippen molar-refractivity contribution < 1.29 is 9.21 Å². The number of oxazole rings is 1. The van der Waals surface area contributed by atoms with Crippen LogP contribution in [0.2, 0.25) is 0 Å². The van der Waals surface area contributed by atoms with E-state index in [2.05, 4.69) is 10.3 Å². The van der Waals surface area contributed by atoms with Gasteiger partial charge < -0.3 is 9.73 Å². The van der Waals surface area contributed by atoms with Crippen molar-refractivity contribution in [2.45, 2.75) is 27.2 Å². The Hall–Kier alpha value is -2.40. The number of hydrogen-bond donors (Lipinski definition) is 1. The highest BCUT2D eigenvalue weighted by Gasteiger charge is 2.15. The number of hydrogen-bond acceptors (Lipinski definition) is 4. The molecule has 4 nitrogen and oxygen atoms in total. The molecule has 2 aromatic heterocycles. The van der Waals surface area contributed by atoms with Gasteiger partial charge in [-0.3, -0.25) is 4.79 Å². The molecule has 0 saturated heterocycles. The Bertz CT molecular complexity index is 835. The number of carbonyl (C=O) groups is 1. The van der Waals surface area contributed by atoms with Crippen LogP contribution in [0.15, 0.2) is 40.1 Å². The molecule has 118 valence electrons. The predicted molar refractivity (Wildman–Crippen MR) is 92.8 cm³/mol. The Labute approximate surface area is 139 Å². The van der Waals surface area contributed by atoms with Gasteiger partial charge in [-0.2, -0.15) is 0 Å². The van der Waals surface area contributed by atoms with Gasteiger partial charge in [-0.15, -0.1) is 11.3 Å². The summed E-state index contributed by atoms with van der Waals surface area (Å²) >= 11 is 1.57. The van der Waals surface area contributed by atoms with Crippen molar-refractivity contribution in [3.63, 3.8) is 0 Å². The molecular formula is C18H18N2O2S. The minimum Gasteiger partial charge on any atom is -0.440 e. The normalized spacial score (nSPS) is 10.7. The molecule has 1 N–H and O–H groups in total. The number of carbonyl (C=O) groups excluding carboxylic acids is 1. The first-order valence-corrected chi connectivity index (χ1v) is 8.28. The lowest BCUT2D eigenvalue weighted by atomic mass is 10.1. The molecule has 0 radical (unpaired) electrons. The molecule has 0 unspecified atom stereocenters. The molecule has 1 aromatic carbocycles. The second-order valence-corrected chi connectivity index (χ2v) is 6.49. The van der Waals surface area contributed by atoms with Gasteiger partial charge in [0.05, 0.1) is 17.0 Å². The number of amides is 1. The molecule has 0 saturated carbocycles. The van der Waals surface area contributed by atoms with E-state index in [9.17, 15) is 4.79 Å². The van der Waals surface area contributed by atoms with Crippen molar-refractivity contribution in [2.24, 2.45) is 0 Å². The lowest BCUT2D eigenvalue weighted by Crippen LogP contribution is -2.16. The Morgan fingerprint density at radius 2 is 2.09 bits per heavy atom. The molecule has 3 aromatic rings.